The van der Waals surface area contributed by atoms with Crippen molar-refractivity contribution in [1.29, 1.82) is 0 Å². The first-order valence-electron chi connectivity index (χ1n) is 30.7. The highest BCUT2D eigenvalue weighted by molar-refractivity contribution is 7.89. The van der Waals surface area contributed by atoms with Gasteiger partial charge >= 0.3 is 21.2 Å². The van der Waals surface area contributed by atoms with Crippen LogP contribution in [0.2, 0.25) is 0 Å². The van der Waals surface area contributed by atoms with Crippen LogP contribution in [0.3, 0.4) is 0 Å². The molecule has 5 unspecified atom stereocenters. The number of fused-ring (bicyclic) bond motifs is 9. The summed E-state index contributed by atoms with van der Waals surface area (Å²) in [6.45, 7) is 0.396. The molecule has 0 radical (unpaired) electrons. The Morgan fingerprint density at radius 1 is 0.566 bits per heavy atom. The van der Waals surface area contributed by atoms with Gasteiger partial charge in [0.15, 0.2) is 0 Å². The van der Waals surface area contributed by atoms with Crippen LogP contribution in [0.15, 0.2) is 82.5 Å². The van der Waals surface area contributed by atoms with Crippen LogP contribution < -0.4 is 32.4 Å². The highest BCUT2D eigenvalue weighted by atomic mass is 32.2. The molecule has 9 saturated carbocycles. The molecule has 19 rings (SSSR count). The molecule has 12 aliphatic carbocycles. The van der Waals surface area contributed by atoms with E-state index in [-0.39, 0.29) is 17.6 Å². The van der Waals surface area contributed by atoms with E-state index in [9.17, 15) is 33.7 Å². The first-order valence-corrected chi connectivity index (χ1v) is 32.3. The van der Waals surface area contributed by atoms with Gasteiger partial charge in [-0.1, -0.05) is 66.8 Å². The molecule has 3 aliphatic heterocycles. The number of hydrogen-bond acceptors (Lipinski definition) is 16. The van der Waals surface area contributed by atoms with Gasteiger partial charge in [-0.15, -0.1) is 0 Å². The summed E-state index contributed by atoms with van der Waals surface area (Å²) in [4.78, 5) is 13.6. The standard InChI is InChI=1S/C24H29BN4O3S.2C19H22BN3O2/c1-29(15-17-6-3-2-4-7-17)33(31,32)16-18-10-12-19(13-11-18)24-23-20-8-5-9-22(20)26-14-21(23)25(30)28-27-24;2*24-19-6-10-4-11(7-19)16(12(5-10)8-19)18-17-13-2-1-3-15(13)21-9-14(17)20(25)23-22-18/h2-8,14,18-19,28,30H,9-13,15-16H2,1H3;2*1-2,9-12,16,23-25H,3-8H2/t;10?,11-,12+,16?,19?;. The van der Waals surface area contributed by atoms with E-state index >= 15 is 0 Å². The van der Waals surface area contributed by atoms with E-state index in [0.29, 0.717) is 53.9 Å². The van der Waals surface area contributed by atoms with Crippen LogP contribution >= 0.6 is 0 Å². The molecular formula is C62H73B3N10O7S. The van der Waals surface area contributed by atoms with Gasteiger partial charge in [0.2, 0.25) is 10.0 Å². The van der Waals surface area contributed by atoms with Crippen LogP contribution in [-0.2, 0) is 35.8 Å². The van der Waals surface area contributed by atoms with Crippen molar-refractivity contribution in [3.8, 4) is 0 Å². The molecule has 428 valence electrons. The van der Waals surface area contributed by atoms with E-state index in [1.165, 1.54) is 30.0 Å². The number of aromatic nitrogens is 3. The maximum absolute atomic E-state index is 13.0. The minimum atomic E-state index is -3.32. The number of hydrazone groups is 3. The highest BCUT2D eigenvalue weighted by Crippen LogP contribution is 2.60. The lowest BCUT2D eigenvalue weighted by molar-refractivity contribution is -0.138. The van der Waals surface area contributed by atoms with Gasteiger partial charge in [-0.2, -0.15) is 15.3 Å². The number of nitrogens with one attached hydrogen (secondary N) is 3. The maximum Gasteiger partial charge on any atom is 0.465 e. The third-order valence-electron chi connectivity index (χ3n) is 21.6. The molecule has 0 saturated heterocycles. The Bertz CT molecular complexity index is 3420. The summed E-state index contributed by atoms with van der Waals surface area (Å²) in [5, 5.41) is 75.5. The van der Waals surface area contributed by atoms with Crippen molar-refractivity contribution in [2.75, 3.05) is 12.8 Å². The predicted octanol–water partition coefficient (Wildman–Crippen LogP) is 3.58. The Balaban J connectivity index is 0.000000108. The predicted molar refractivity (Wildman–Crippen MR) is 324 cm³/mol. The molecule has 0 spiro atoms. The zero-order chi connectivity index (χ0) is 56.5. The number of pyridine rings is 3. The van der Waals surface area contributed by atoms with E-state index < -0.39 is 42.4 Å². The van der Waals surface area contributed by atoms with Crippen LogP contribution in [-0.4, -0.2) is 115 Å². The van der Waals surface area contributed by atoms with Crippen molar-refractivity contribution in [1.82, 2.24) is 35.3 Å². The van der Waals surface area contributed by atoms with E-state index in [0.717, 1.165) is 173 Å². The minimum absolute atomic E-state index is 0.148. The van der Waals surface area contributed by atoms with E-state index in [4.69, 9.17) is 0 Å². The number of allylic oxidation sites excluding steroid dienone is 3. The van der Waals surface area contributed by atoms with Crippen molar-refractivity contribution in [3.05, 3.63) is 123 Å². The average Bonchev–Trinajstić information content (AvgIpc) is 2.40. The second-order valence-corrected chi connectivity index (χ2v) is 29.1. The maximum atomic E-state index is 13.0. The summed E-state index contributed by atoms with van der Waals surface area (Å²) in [5.74, 6) is 4.75. The fraction of sp³-hybridized carbons (Fsp3) is 0.516. The molecule has 9 fully saturated rings. The SMILES string of the molecule is CN(Cc1ccccc1)S(=O)(=O)CC1CCC(C2=NNB(O)c3cnc4c(c32)C=CC4)CC1.OB1NN=C(C2C3CC4CC2CC(O)(C4)C3)c2c1cnc1c2C=CC1.OB1NN=C(C2[C@@H]3CC4C[C@H]2CC(O)(C4)C3)c2c1cnc1c2C=CC1. The molecule has 3 aromatic heterocycles. The van der Waals surface area contributed by atoms with Crippen LogP contribution in [0.5, 0.6) is 0 Å². The first-order chi connectivity index (χ1) is 40.1. The lowest BCUT2D eigenvalue weighted by atomic mass is 9.48. The summed E-state index contributed by atoms with van der Waals surface area (Å²) in [5.41, 5.74) is 15.6. The summed E-state index contributed by atoms with van der Waals surface area (Å²) in [7, 11) is -4.08. The van der Waals surface area contributed by atoms with Gasteiger partial charge < -0.3 is 41.3 Å². The lowest BCUT2D eigenvalue weighted by Crippen LogP contribution is -2.59. The van der Waals surface area contributed by atoms with E-state index in [2.05, 4.69) is 82.7 Å². The molecule has 7 atom stereocenters. The quantitative estimate of drug-likeness (QED) is 0.118. The Morgan fingerprint density at radius 3 is 1.37 bits per heavy atom. The van der Waals surface area contributed by atoms with Crippen LogP contribution in [0.4, 0.5) is 0 Å². The smallest absolute Gasteiger partial charge is 0.428 e. The Labute approximate surface area is 486 Å². The largest absolute Gasteiger partial charge is 0.465 e. The van der Waals surface area contributed by atoms with Gasteiger partial charge in [-0.3, -0.25) is 15.0 Å². The average molecular weight is 1130 g/mol. The lowest BCUT2D eigenvalue weighted by Gasteiger charge is -2.58. The Hall–Kier alpha value is -5.80. The number of sulfonamides is 1. The van der Waals surface area contributed by atoms with Gasteiger partial charge in [0.05, 0.1) is 51.2 Å². The van der Waals surface area contributed by atoms with Crippen molar-refractivity contribution < 1.29 is 33.7 Å². The van der Waals surface area contributed by atoms with Gasteiger partial charge in [0, 0.05) is 119 Å². The van der Waals surface area contributed by atoms with Crippen molar-refractivity contribution in [2.24, 2.45) is 74.5 Å². The van der Waals surface area contributed by atoms with Gasteiger partial charge in [0.1, 0.15) is 0 Å². The summed E-state index contributed by atoms with van der Waals surface area (Å²) in [6, 6.07) is 9.69. The summed E-state index contributed by atoms with van der Waals surface area (Å²) >= 11 is 0. The van der Waals surface area contributed by atoms with Crippen LogP contribution in [0.1, 0.15) is 146 Å². The number of rotatable bonds is 8. The Kier molecular flexibility index (Phi) is 13.5. The normalized spacial score (nSPS) is 32.8. The van der Waals surface area contributed by atoms with Gasteiger partial charge in [-0.25, -0.2) is 12.7 Å². The summed E-state index contributed by atoms with van der Waals surface area (Å²) < 4.78 is 27.4. The van der Waals surface area contributed by atoms with Crippen molar-refractivity contribution in [3.63, 3.8) is 0 Å². The number of nitrogens with zero attached hydrogens (tertiary/aromatic N) is 7. The molecule has 6 heterocycles. The third-order valence-corrected chi connectivity index (χ3v) is 23.5. The first kappa shape index (κ1) is 53.9. The second-order valence-electron chi connectivity index (χ2n) is 26.9. The van der Waals surface area contributed by atoms with Crippen LogP contribution in [0.25, 0.3) is 18.2 Å². The molecule has 15 aliphatic rings. The molecule has 4 aromatic rings. The second kappa shape index (κ2) is 20.7. The fourth-order valence-electron chi connectivity index (χ4n) is 18.5. The minimum Gasteiger partial charge on any atom is -0.428 e. The highest BCUT2D eigenvalue weighted by Gasteiger charge is 2.58. The molecule has 8 bridgehead atoms. The summed E-state index contributed by atoms with van der Waals surface area (Å²) in [6.07, 6.45) is 34.6. The monoisotopic (exact) mass is 1130 g/mol. The van der Waals surface area contributed by atoms with Gasteiger partial charge in [-0.05, 0) is 137 Å². The van der Waals surface area contributed by atoms with Gasteiger partial charge in [0.25, 0.3) is 0 Å². The fourth-order valence-corrected chi connectivity index (χ4v) is 20.0. The molecule has 83 heavy (non-hydrogen) atoms. The molecule has 1 aromatic carbocycles. The van der Waals surface area contributed by atoms with Crippen molar-refractivity contribution in [2.45, 2.75) is 127 Å². The van der Waals surface area contributed by atoms with Crippen LogP contribution in [0, 0.1) is 59.2 Å². The molecular weight excluding hydrogens is 1060 g/mol. The topological polar surface area (TPSA) is 250 Å². The number of aliphatic hydroxyl groups is 2. The number of benzene rings is 1. The molecule has 0 amide bonds. The van der Waals surface area contributed by atoms with Crippen molar-refractivity contribution >= 4 is 82.9 Å². The zero-order valence-corrected chi connectivity index (χ0v) is 47.9. The third kappa shape index (κ3) is 9.59. The zero-order valence-electron chi connectivity index (χ0n) is 47.1. The molecule has 8 N–H and O–H groups in total. The van der Waals surface area contributed by atoms with E-state index in [1.807, 2.05) is 42.7 Å². The Morgan fingerprint density at radius 2 is 0.964 bits per heavy atom. The van der Waals surface area contributed by atoms with E-state index in [1.54, 1.807) is 13.2 Å². The molecule has 17 nitrogen and oxygen atoms in total. The molecule has 21 heteroatoms. The number of hydrogen-bond donors (Lipinski definition) is 8.